The van der Waals surface area contributed by atoms with Crippen molar-refractivity contribution in [2.75, 3.05) is 0 Å². The van der Waals surface area contributed by atoms with E-state index in [1.807, 2.05) is 11.3 Å². The summed E-state index contributed by atoms with van der Waals surface area (Å²) in [6, 6.07) is 31.6. The van der Waals surface area contributed by atoms with Gasteiger partial charge in [0.1, 0.15) is 0 Å². The largest absolute Gasteiger partial charge is 0.135 e. The van der Waals surface area contributed by atoms with Crippen LogP contribution in [0.3, 0.4) is 0 Å². The molecule has 0 radical (unpaired) electrons. The van der Waals surface area contributed by atoms with Gasteiger partial charge in [-0.25, -0.2) is 0 Å². The van der Waals surface area contributed by atoms with Crippen molar-refractivity contribution in [3.05, 3.63) is 107 Å². The molecule has 0 saturated carbocycles. The Morgan fingerprint density at radius 1 is 0.621 bits per heavy atom. The molecule has 1 aromatic heterocycles. The summed E-state index contributed by atoms with van der Waals surface area (Å²) in [5, 5.41) is 2.76. The lowest BCUT2D eigenvalue weighted by Crippen LogP contribution is -2.15. The Labute approximate surface area is 175 Å². The minimum atomic E-state index is 0.0649. The summed E-state index contributed by atoms with van der Waals surface area (Å²) in [4.78, 5) is 0. The molecule has 0 atom stereocenters. The molecule has 1 heterocycles. The number of hydrogen-bond acceptors (Lipinski definition) is 1. The standard InChI is InChI=1S/C28H22S/c1-28(2)24-9-5-3-7-20(24)21-13-11-19(17-25(21)28)15-18-12-14-27-23(16-18)22-8-4-6-10-26(22)29-27/h3-14,16-17H,15H2,1-2H3. The molecule has 0 saturated heterocycles. The van der Waals surface area contributed by atoms with Crippen LogP contribution in [0.25, 0.3) is 31.3 Å². The lowest BCUT2D eigenvalue weighted by molar-refractivity contribution is 0.659. The highest BCUT2D eigenvalue weighted by molar-refractivity contribution is 7.25. The summed E-state index contributed by atoms with van der Waals surface area (Å²) in [6.07, 6.45) is 0.972. The second-order valence-corrected chi connectivity index (χ2v) is 9.74. The number of benzene rings is 4. The smallest absolute Gasteiger partial charge is 0.0355 e. The van der Waals surface area contributed by atoms with Crippen LogP contribution in [-0.4, -0.2) is 0 Å². The highest BCUT2D eigenvalue weighted by Gasteiger charge is 2.34. The van der Waals surface area contributed by atoms with Crippen LogP contribution in [-0.2, 0) is 11.8 Å². The van der Waals surface area contributed by atoms with Gasteiger partial charge in [-0.2, -0.15) is 0 Å². The van der Waals surface area contributed by atoms with Gasteiger partial charge in [0.25, 0.3) is 0 Å². The van der Waals surface area contributed by atoms with E-state index in [2.05, 4.69) is 98.8 Å². The average molecular weight is 391 g/mol. The summed E-state index contributed by atoms with van der Waals surface area (Å²) in [5.74, 6) is 0. The Bertz CT molecular complexity index is 1400. The van der Waals surface area contributed by atoms with Crippen LogP contribution in [0.5, 0.6) is 0 Å². The first-order valence-corrected chi connectivity index (χ1v) is 11.1. The van der Waals surface area contributed by atoms with Crippen LogP contribution in [0, 0.1) is 0 Å². The summed E-state index contributed by atoms with van der Waals surface area (Å²) in [6.45, 7) is 4.70. The summed E-state index contributed by atoms with van der Waals surface area (Å²) >= 11 is 1.89. The Morgan fingerprint density at radius 2 is 1.31 bits per heavy atom. The van der Waals surface area contributed by atoms with Crippen molar-refractivity contribution in [1.82, 2.24) is 0 Å². The summed E-state index contributed by atoms with van der Waals surface area (Å²) < 4.78 is 2.75. The maximum Gasteiger partial charge on any atom is 0.0355 e. The first-order chi connectivity index (χ1) is 14.1. The fourth-order valence-corrected chi connectivity index (χ4v) is 6.07. The van der Waals surface area contributed by atoms with Gasteiger partial charge in [-0.1, -0.05) is 80.6 Å². The lowest BCUT2D eigenvalue weighted by Gasteiger charge is -2.22. The van der Waals surface area contributed by atoms with E-state index in [4.69, 9.17) is 0 Å². The molecular formula is C28H22S. The molecule has 140 valence electrons. The first kappa shape index (κ1) is 17.0. The molecule has 0 spiro atoms. The maximum atomic E-state index is 2.44. The predicted molar refractivity (Wildman–Crippen MR) is 126 cm³/mol. The maximum absolute atomic E-state index is 2.44. The fourth-order valence-electron chi connectivity index (χ4n) is 4.98. The van der Waals surface area contributed by atoms with Gasteiger partial charge in [0.15, 0.2) is 0 Å². The van der Waals surface area contributed by atoms with Crippen molar-refractivity contribution in [2.24, 2.45) is 0 Å². The van der Waals surface area contributed by atoms with Crippen molar-refractivity contribution < 1.29 is 0 Å². The van der Waals surface area contributed by atoms with Crippen LogP contribution in [0.4, 0.5) is 0 Å². The zero-order valence-electron chi connectivity index (χ0n) is 16.7. The highest BCUT2D eigenvalue weighted by Crippen LogP contribution is 2.48. The molecule has 1 aliphatic carbocycles. The van der Waals surface area contributed by atoms with Crippen LogP contribution in [0.1, 0.15) is 36.1 Å². The zero-order valence-corrected chi connectivity index (χ0v) is 17.5. The van der Waals surface area contributed by atoms with E-state index in [0.717, 1.165) is 6.42 Å². The third-order valence-corrected chi connectivity index (χ3v) is 7.65. The monoisotopic (exact) mass is 390 g/mol. The van der Waals surface area contributed by atoms with Gasteiger partial charge in [-0.05, 0) is 58.0 Å². The van der Waals surface area contributed by atoms with Crippen molar-refractivity contribution in [2.45, 2.75) is 25.7 Å². The second-order valence-electron chi connectivity index (χ2n) is 8.66. The minimum absolute atomic E-state index is 0.0649. The van der Waals surface area contributed by atoms with Gasteiger partial charge in [0, 0.05) is 25.6 Å². The van der Waals surface area contributed by atoms with Gasteiger partial charge in [0.2, 0.25) is 0 Å². The van der Waals surface area contributed by atoms with Gasteiger partial charge in [-0.15, -0.1) is 11.3 Å². The molecule has 0 bridgehead atoms. The van der Waals surface area contributed by atoms with Gasteiger partial charge in [-0.3, -0.25) is 0 Å². The van der Waals surface area contributed by atoms with Crippen molar-refractivity contribution >= 4 is 31.5 Å². The molecule has 29 heavy (non-hydrogen) atoms. The van der Waals surface area contributed by atoms with Gasteiger partial charge < -0.3 is 0 Å². The number of thiophene rings is 1. The number of rotatable bonds is 2. The summed E-state index contributed by atoms with van der Waals surface area (Å²) in [7, 11) is 0. The van der Waals surface area contributed by atoms with E-state index in [9.17, 15) is 0 Å². The normalized spacial score (nSPS) is 14.3. The molecule has 1 aliphatic rings. The molecule has 5 aromatic rings. The van der Waals surface area contributed by atoms with Crippen LogP contribution in [0.15, 0.2) is 84.9 Å². The van der Waals surface area contributed by atoms with E-state index < -0.39 is 0 Å². The van der Waals surface area contributed by atoms with Gasteiger partial charge >= 0.3 is 0 Å². The quantitative estimate of drug-likeness (QED) is 0.287. The topological polar surface area (TPSA) is 0 Å². The molecule has 0 fully saturated rings. The van der Waals surface area contributed by atoms with Crippen molar-refractivity contribution in [3.63, 3.8) is 0 Å². The zero-order chi connectivity index (χ0) is 19.6. The van der Waals surface area contributed by atoms with Crippen LogP contribution < -0.4 is 0 Å². The predicted octanol–water partition coefficient (Wildman–Crippen LogP) is 7.95. The lowest BCUT2D eigenvalue weighted by atomic mass is 9.81. The molecule has 4 aromatic carbocycles. The molecule has 6 rings (SSSR count). The third-order valence-electron chi connectivity index (χ3n) is 6.50. The van der Waals surface area contributed by atoms with Crippen molar-refractivity contribution in [3.8, 4) is 11.1 Å². The Morgan fingerprint density at radius 3 is 2.24 bits per heavy atom. The minimum Gasteiger partial charge on any atom is -0.135 e. The first-order valence-electron chi connectivity index (χ1n) is 10.2. The number of hydrogen-bond donors (Lipinski definition) is 0. The molecule has 0 nitrogen and oxygen atoms in total. The Balaban J connectivity index is 1.42. The Hall–Kier alpha value is -2.90. The fraction of sp³-hybridized carbons (Fsp3) is 0.143. The van der Waals surface area contributed by atoms with Gasteiger partial charge in [0.05, 0.1) is 0 Å². The third kappa shape index (κ3) is 2.51. The van der Waals surface area contributed by atoms with E-state index in [1.54, 1.807) is 0 Å². The molecule has 0 amide bonds. The molecular weight excluding hydrogens is 368 g/mol. The second kappa shape index (κ2) is 6.05. The van der Waals surface area contributed by atoms with Crippen LogP contribution >= 0.6 is 11.3 Å². The number of fused-ring (bicyclic) bond motifs is 6. The molecule has 1 heteroatoms. The average Bonchev–Trinajstić information content (AvgIpc) is 3.21. The van der Waals surface area contributed by atoms with E-state index in [1.165, 1.54) is 53.6 Å². The molecule has 0 N–H and O–H groups in total. The highest BCUT2D eigenvalue weighted by atomic mass is 32.1. The van der Waals surface area contributed by atoms with Crippen molar-refractivity contribution in [1.29, 1.82) is 0 Å². The molecule has 0 unspecified atom stereocenters. The van der Waals surface area contributed by atoms with E-state index in [-0.39, 0.29) is 5.41 Å². The SMILES string of the molecule is CC1(C)c2ccccc2-c2ccc(Cc3ccc4sc5ccccc5c4c3)cc21. The van der Waals surface area contributed by atoms with E-state index in [0.29, 0.717) is 0 Å². The van der Waals surface area contributed by atoms with E-state index >= 15 is 0 Å². The Kier molecular flexibility index (Phi) is 3.54. The summed E-state index contributed by atoms with van der Waals surface area (Å²) in [5.41, 5.74) is 8.53. The molecule has 0 aliphatic heterocycles. The van der Waals surface area contributed by atoms with Crippen LogP contribution in [0.2, 0.25) is 0 Å².